The molecular formula is C16H12N2O2S. The van der Waals surface area contributed by atoms with Crippen molar-refractivity contribution in [2.24, 2.45) is 5.10 Å². The first kappa shape index (κ1) is 13.3. The zero-order valence-corrected chi connectivity index (χ0v) is 11.8. The average Bonchev–Trinajstić information content (AvgIpc) is 3.16. The van der Waals surface area contributed by atoms with Gasteiger partial charge in [-0.25, -0.2) is 5.43 Å². The van der Waals surface area contributed by atoms with Crippen molar-refractivity contribution in [3.05, 3.63) is 65.4 Å². The molecule has 0 aliphatic carbocycles. The Labute approximate surface area is 125 Å². The van der Waals surface area contributed by atoms with Gasteiger partial charge in [-0.2, -0.15) is 5.10 Å². The lowest BCUT2D eigenvalue weighted by Gasteiger charge is -1.97. The number of furan rings is 1. The first-order valence-electron chi connectivity index (χ1n) is 6.34. The molecule has 0 bridgehead atoms. The molecule has 0 saturated heterocycles. The smallest absolute Gasteiger partial charge is 0.272 e. The van der Waals surface area contributed by atoms with E-state index in [0.29, 0.717) is 5.56 Å². The summed E-state index contributed by atoms with van der Waals surface area (Å²) >= 11 is 1.55. The van der Waals surface area contributed by atoms with Gasteiger partial charge < -0.3 is 4.42 Å². The second kappa shape index (κ2) is 6.19. The van der Waals surface area contributed by atoms with E-state index < -0.39 is 0 Å². The van der Waals surface area contributed by atoms with Crippen LogP contribution in [0.3, 0.4) is 0 Å². The zero-order valence-electron chi connectivity index (χ0n) is 11.0. The normalized spacial score (nSPS) is 11.6. The highest BCUT2D eigenvalue weighted by atomic mass is 32.1. The maximum Gasteiger partial charge on any atom is 0.272 e. The molecule has 2 heterocycles. The highest BCUT2D eigenvalue weighted by Gasteiger charge is 2.10. The zero-order chi connectivity index (χ0) is 14.5. The number of carbonyl (C=O) groups excluding carboxylic acids is 1. The van der Waals surface area contributed by atoms with E-state index in [9.17, 15) is 4.79 Å². The highest BCUT2D eigenvalue weighted by Crippen LogP contribution is 2.25. The molecule has 104 valence electrons. The van der Waals surface area contributed by atoms with Gasteiger partial charge in [-0.3, -0.25) is 4.79 Å². The van der Waals surface area contributed by atoms with Gasteiger partial charge in [0.05, 0.1) is 11.8 Å². The molecule has 21 heavy (non-hydrogen) atoms. The lowest BCUT2D eigenvalue weighted by molar-refractivity contribution is 0.0957. The number of nitrogens with zero attached hydrogens (tertiary/aromatic N) is 1. The molecule has 0 aliphatic rings. The van der Waals surface area contributed by atoms with Gasteiger partial charge in [0.15, 0.2) is 0 Å². The first-order chi connectivity index (χ1) is 10.3. The quantitative estimate of drug-likeness (QED) is 0.586. The second-order valence-electron chi connectivity index (χ2n) is 4.24. The van der Waals surface area contributed by atoms with Crippen LogP contribution in [0.15, 0.2) is 63.6 Å². The van der Waals surface area contributed by atoms with Crippen LogP contribution in [0, 0.1) is 0 Å². The second-order valence-corrected chi connectivity index (χ2v) is 5.15. The van der Waals surface area contributed by atoms with Crippen LogP contribution in [0.25, 0.3) is 16.2 Å². The summed E-state index contributed by atoms with van der Waals surface area (Å²) in [7, 11) is 0. The Morgan fingerprint density at radius 1 is 1.24 bits per heavy atom. The Hall–Kier alpha value is -2.66. The molecular weight excluding hydrogens is 284 g/mol. The summed E-state index contributed by atoms with van der Waals surface area (Å²) in [6.45, 7) is 0. The van der Waals surface area contributed by atoms with Crippen molar-refractivity contribution in [2.75, 3.05) is 0 Å². The van der Waals surface area contributed by atoms with Crippen molar-refractivity contribution in [1.29, 1.82) is 0 Å². The Morgan fingerprint density at radius 3 is 3.00 bits per heavy atom. The van der Waals surface area contributed by atoms with E-state index in [1.54, 1.807) is 35.8 Å². The third-order valence-electron chi connectivity index (χ3n) is 2.86. The minimum Gasteiger partial charge on any atom is -0.465 e. The molecule has 1 aromatic carbocycles. The number of benzene rings is 1. The number of rotatable bonds is 4. The third kappa shape index (κ3) is 3.09. The van der Waals surface area contributed by atoms with Gasteiger partial charge in [-0.05, 0) is 30.4 Å². The van der Waals surface area contributed by atoms with Crippen LogP contribution in [-0.4, -0.2) is 12.1 Å². The molecule has 0 saturated carbocycles. The van der Waals surface area contributed by atoms with Crippen molar-refractivity contribution in [1.82, 2.24) is 5.43 Å². The molecule has 4 nitrogen and oxygen atoms in total. The maximum atomic E-state index is 12.1. The number of carbonyl (C=O) groups is 1. The van der Waals surface area contributed by atoms with Gasteiger partial charge in [0, 0.05) is 21.7 Å². The summed E-state index contributed by atoms with van der Waals surface area (Å²) in [6, 6.07) is 11.4. The van der Waals surface area contributed by atoms with Crippen LogP contribution in [0.1, 0.15) is 16.1 Å². The Bertz CT molecular complexity index is 801. The number of thiophene rings is 1. The molecule has 0 aliphatic heterocycles. The molecule has 1 N–H and O–H groups in total. The molecule has 0 spiro atoms. The van der Waals surface area contributed by atoms with Crippen molar-refractivity contribution in [3.63, 3.8) is 0 Å². The molecule has 1 amide bonds. The van der Waals surface area contributed by atoms with Crippen LogP contribution >= 0.6 is 11.3 Å². The van der Waals surface area contributed by atoms with E-state index in [-0.39, 0.29) is 5.91 Å². The summed E-state index contributed by atoms with van der Waals surface area (Å²) in [5, 5.41) is 6.67. The topological polar surface area (TPSA) is 54.6 Å². The number of hydrazone groups is 1. The molecule has 0 unspecified atom stereocenters. The standard InChI is InChI=1S/C16H12N2O2S/c19-16(14-11-21-15-8-2-1-7-13(14)15)18-17-9-3-5-12-6-4-10-20-12/h1-11H,(H,18,19)/b5-3+,17-9+. The predicted octanol–water partition coefficient (Wildman–Crippen LogP) is 3.92. The number of hydrogen-bond donors (Lipinski definition) is 1. The monoisotopic (exact) mass is 296 g/mol. The van der Waals surface area contributed by atoms with Crippen molar-refractivity contribution in [3.8, 4) is 0 Å². The highest BCUT2D eigenvalue weighted by molar-refractivity contribution is 7.17. The van der Waals surface area contributed by atoms with E-state index >= 15 is 0 Å². The minimum absolute atomic E-state index is 0.213. The van der Waals surface area contributed by atoms with Crippen molar-refractivity contribution < 1.29 is 9.21 Å². The van der Waals surface area contributed by atoms with Crippen LogP contribution in [0.5, 0.6) is 0 Å². The number of amides is 1. The van der Waals surface area contributed by atoms with Crippen LogP contribution in [0.4, 0.5) is 0 Å². The largest absolute Gasteiger partial charge is 0.465 e. The van der Waals surface area contributed by atoms with E-state index in [2.05, 4.69) is 10.5 Å². The van der Waals surface area contributed by atoms with E-state index in [1.165, 1.54) is 6.21 Å². The number of nitrogens with one attached hydrogen (secondary N) is 1. The third-order valence-corrected chi connectivity index (χ3v) is 3.82. The van der Waals surface area contributed by atoms with Gasteiger partial charge in [-0.15, -0.1) is 11.3 Å². The molecule has 3 aromatic rings. The molecule has 5 heteroatoms. The lowest BCUT2D eigenvalue weighted by Crippen LogP contribution is -2.16. The Morgan fingerprint density at radius 2 is 2.14 bits per heavy atom. The number of fused-ring (bicyclic) bond motifs is 1. The summed E-state index contributed by atoms with van der Waals surface area (Å²) < 4.78 is 6.22. The number of allylic oxidation sites excluding steroid dienone is 1. The van der Waals surface area contributed by atoms with Crippen molar-refractivity contribution >= 4 is 39.6 Å². The summed E-state index contributed by atoms with van der Waals surface area (Å²) in [6.07, 6.45) is 6.57. The Kier molecular flexibility index (Phi) is 3.93. The average molecular weight is 296 g/mol. The van der Waals surface area contributed by atoms with Crippen LogP contribution in [0.2, 0.25) is 0 Å². The van der Waals surface area contributed by atoms with E-state index in [4.69, 9.17) is 4.42 Å². The van der Waals surface area contributed by atoms with E-state index in [1.807, 2.05) is 35.7 Å². The number of hydrogen-bond acceptors (Lipinski definition) is 4. The molecule has 0 radical (unpaired) electrons. The summed E-state index contributed by atoms with van der Waals surface area (Å²) in [4.78, 5) is 12.1. The van der Waals surface area contributed by atoms with Gasteiger partial charge in [0.25, 0.3) is 5.91 Å². The molecule has 2 aromatic heterocycles. The fourth-order valence-corrected chi connectivity index (χ4v) is 2.82. The fourth-order valence-electron chi connectivity index (χ4n) is 1.88. The maximum absolute atomic E-state index is 12.1. The van der Waals surface area contributed by atoms with Crippen molar-refractivity contribution in [2.45, 2.75) is 0 Å². The summed E-state index contributed by atoms with van der Waals surface area (Å²) in [5.41, 5.74) is 3.15. The molecule has 0 fully saturated rings. The van der Waals surface area contributed by atoms with E-state index in [0.717, 1.165) is 15.8 Å². The Balaban J connectivity index is 1.64. The van der Waals surface area contributed by atoms with Crippen LogP contribution < -0.4 is 5.43 Å². The summed E-state index contributed by atoms with van der Waals surface area (Å²) in [5.74, 6) is 0.520. The first-order valence-corrected chi connectivity index (χ1v) is 7.22. The molecule has 0 atom stereocenters. The fraction of sp³-hybridized carbons (Fsp3) is 0. The minimum atomic E-state index is -0.213. The van der Waals surface area contributed by atoms with Gasteiger partial charge >= 0.3 is 0 Å². The lowest BCUT2D eigenvalue weighted by atomic mass is 10.2. The van der Waals surface area contributed by atoms with Crippen LogP contribution in [-0.2, 0) is 0 Å². The SMILES string of the molecule is O=C(N/N=C/C=C/c1ccco1)c1csc2ccccc12. The van der Waals surface area contributed by atoms with Gasteiger partial charge in [0.1, 0.15) is 5.76 Å². The van der Waals surface area contributed by atoms with Gasteiger partial charge in [-0.1, -0.05) is 18.2 Å². The molecule has 3 rings (SSSR count). The predicted molar refractivity (Wildman–Crippen MR) is 85.5 cm³/mol. The van der Waals surface area contributed by atoms with Gasteiger partial charge in [0.2, 0.25) is 0 Å².